The molecule has 0 aromatic heterocycles. The lowest BCUT2D eigenvalue weighted by Crippen LogP contribution is -1.96. The average Bonchev–Trinajstić information content (AvgIpc) is 2.26. The van der Waals surface area contributed by atoms with Gasteiger partial charge in [0, 0.05) is 10.8 Å². The van der Waals surface area contributed by atoms with Gasteiger partial charge in [0.25, 0.3) is 0 Å². The monoisotopic (exact) mass is 239 g/mol. The van der Waals surface area contributed by atoms with Crippen molar-refractivity contribution in [2.75, 3.05) is 5.73 Å². The fourth-order valence-corrected chi connectivity index (χ4v) is 2.21. The van der Waals surface area contributed by atoms with Crippen molar-refractivity contribution in [2.24, 2.45) is 0 Å². The summed E-state index contributed by atoms with van der Waals surface area (Å²) >= 11 is -2.37. The average molecular weight is 239 g/mol. The van der Waals surface area contributed by atoms with Gasteiger partial charge in [-0.3, -0.25) is 0 Å². The smallest absolute Gasteiger partial charge is 0.191 e. The molecule has 0 saturated carbocycles. The Morgan fingerprint density at radius 2 is 1.62 bits per heavy atom. The van der Waals surface area contributed by atoms with Gasteiger partial charge in [0.15, 0.2) is 16.8 Å². The Labute approximate surface area is 93.4 Å². The van der Waals surface area contributed by atoms with E-state index in [1.165, 1.54) is 6.07 Å². The summed E-state index contributed by atoms with van der Waals surface area (Å²) in [6.07, 6.45) is 0. The van der Waals surface area contributed by atoms with Crippen molar-refractivity contribution >= 4 is 27.5 Å². The number of rotatable bonds is 1. The summed E-state index contributed by atoms with van der Waals surface area (Å²) in [5.74, 6) is -0.848. The second-order valence-electron chi connectivity index (χ2n) is 3.23. The maximum atomic E-state index is 11.1. The zero-order valence-corrected chi connectivity index (χ0v) is 8.86. The molecule has 0 aliphatic rings. The van der Waals surface area contributed by atoms with Crippen molar-refractivity contribution in [3.05, 3.63) is 24.3 Å². The number of benzene rings is 2. The number of hydrogen-bond acceptors (Lipinski definition) is 4. The van der Waals surface area contributed by atoms with Crippen molar-refractivity contribution in [3.63, 3.8) is 0 Å². The summed E-state index contributed by atoms with van der Waals surface area (Å²) in [6.45, 7) is 0. The van der Waals surface area contributed by atoms with Crippen LogP contribution in [0.5, 0.6) is 11.5 Å². The molecule has 1 unspecified atom stereocenters. The molecule has 2 rings (SSSR count). The Bertz CT molecular complexity index is 597. The van der Waals surface area contributed by atoms with Gasteiger partial charge in [-0.2, -0.15) is 0 Å². The summed E-state index contributed by atoms with van der Waals surface area (Å²) in [6, 6.07) is 6.37. The number of aromatic hydroxyl groups is 2. The summed E-state index contributed by atoms with van der Waals surface area (Å²) in [7, 11) is 0. The van der Waals surface area contributed by atoms with Crippen molar-refractivity contribution in [3.8, 4) is 11.5 Å². The fourth-order valence-electron chi connectivity index (χ4n) is 1.57. The molecule has 16 heavy (non-hydrogen) atoms. The highest BCUT2D eigenvalue weighted by molar-refractivity contribution is 7.79. The van der Waals surface area contributed by atoms with Gasteiger partial charge >= 0.3 is 0 Å². The van der Waals surface area contributed by atoms with Gasteiger partial charge in [-0.25, -0.2) is 4.21 Å². The topological polar surface area (TPSA) is 104 Å². The molecule has 2 aromatic rings. The highest BCUT2D eigenvalue weighted by Crippen LogP contribution is 2.42. The minimum atomic E-state index is -2.37. The predicted octanol–water partition coefficient (Wildman–Crippen LogP) is 1.41. The van der Waals surface area contributed by atoms with Crippen molar-refractivity contribution in [2.45, 2.75) is 4.90 Å². The highest BCUT2D eigenvalue weighted by Gasteiger charge is 2.19. The maximum Gasteiger partial charge on any atom is 0.191 e. The molecule has 0 aliphatic carbocycles. The number of nitrogen functional groups attached to an aromatic ring is 1. The van der Waals surface area contributed by atoms with Gasteiger partial charge in [0.05, 0.1) is 0 Å². The second-order valence-corrected chi connectivity index (χ2v) is 4.14. The van der Waals surface area contributed by atoms with Crippen LogP contribution >= 0.6 is 0 Å². The lowest BCUT2D eigenvalue weighted by Gasteiger charge is -2.10. The van der Waals surface area contributed by atoms with Crippen LogP contribution in [0, 0.1) is 0 Å². The zero-order valence-electron chi connectivity index (χ0n) is 8.04. The Kier molecular flexibility index (Phi) is 2.45. The van der Waals surface area contributed by atoms with Crippen LogP contribution in [0.3, 0.4) is 0 Å². The van der Waals surface area contributed by atoms with Crippen LogP contribution in [0.25, 0.3) is 10.8 Å². The van der Waals surface area contributed by atoms with Gasteiger partial charge in [0.1, 0.15) is 16.3 Å². The van der Waals surface area contributed by atoms with Gasteiger partial charge in [0.2, 0.25) is 0 Å². The lowest BCUT2D eigenvalue weighted by molar-refractivity contribution is 0.448. The Hall–Kier alpha value is -1.79. The third kappa shape index (κ3) is 1.39. The van der Waals surface area contributed by atoms with E-state index in [1.807, 2.05) is 0 Å². The first-order valence-electron chi connectivity index (χ1n) is 4.37. The zero-order chi connectivity index (χ0) is 11.9. The molecule has 0 fully saturated rings. The van der Waals surface area contributed by atoms with Gasteiger partial charge in [-0.15, -0.1) is 0 Å². The third-order valence-corrected chi connectivity index (χ3v) is 3.09. The second kappa shape index (κ2) is 3.66. The quantitative estimate of drug-likeness (QED) is 0.342. The predicted molar refractivity (Wildman–Crippen MR) is 60.7 cm³/mol. The van der Waals surface area contributed by atoms with E-state index in [-0.39, 0.29) is 16.3 Å². The normalized spacial score (nSPS) is 12.8. The van der Waals surface area contributed by atoms with Crippen LogP contribution in [0.15, 0.2) is 29.2 Å². The van der Waals surface area contributed by atoms with Gasteiger partial charge < -0.3 is 20.5 Å². The Morgan fingerprint density at radius 3 is 2.19 bits per heavy atom. The molecule has 0 spiro atoms. The van der Waals surface area contributed by atoms with Crippen LogP contribution in [0.1, 0.15) is 0 Å². The Morgan fingerprint density at radius 1 is 1.06 bits per heavy atom. The maximum absolute atomic E-state index is 11.1. The molecule has 1 atom stereocenters. The summed E-state index contributed by atoms with van der Waals surface area (Å²) in [5, 5.41) is 19.9. The number of phenols is 2. The molecule has 6 heteroatoms. The summed E-state index contributed by atoms with van der Waals surface area (Å²) in [4.78, 5) is -0.189. The van der Waals surface area contributed by atoms with Crippen molar-refractivity contribution in [1.29, 1.82) is 0 Å². The standard InChI is InChI=1S/C10H9NO4S/c11-7-8(12)5-3-1-2-4-6(5)10(9(7)13)16(14)15/h1-4,12-13H,11H2,(H,14,15). The fraction of sp³-hybridized carbons (Fsp3) is 0. The van der Waals surface area contributed by atoms with Crippen LogP contribution in [-0.2, 0) is 11.1 Å². The molecule has 5 N–H and O–H groups in total. The molecule has 5 nitrogen and oxygen atoms in total. The van der Waals surface area contributed by atoms with E-state index in [1.54, 1.807) is 18.2 Å². The van der Waals surface area contributed by atoms with Gasteiger partial charge in [-0.05, 0) is 0 Å². The van der Waals surface area contributed by atoms with Gasteiger partial charge in [-0.1, -0.05) is 24.3 Å². The molecule has 0 amide bonds. The van der Waals surface area contributed by atoms with Crippen LogP contribution < -0.4 is 5.73 Å². The third-order valence-electron chi connectivity index (χ3n) is 2.33. The van der Waals surface area contributed by atoms with Crippen LogP contribution in [0.4, 0.5) is 5.69 Å². The SMILES string of the molecule is Nc1c(O)c(S(=O)O)c2ccccc2c1O. The van der Waals surface area contributed by atoms with E-state index in [2.05, 4.69) is 0 Å². The van der Waals surface area contributed by atoms with E-state index in [0.717, 1.165) is 0 Å². The Balaban J connectivity index is 3.04. The van der Waals surface area contributed by atoms with E-state index in [9.17, 15) is 14.4 Å². The summed E-state index contributed by atoms with van der Waals surface area (Å²) < 4.78 is 20.2. The highest BCUT2D eigenvalue weighted by atomic mass is 32.2. The van der Waals surface area contributed by atoms with E-state index < -0.39 is 16.8 Å². The summed E-state index contributed by atoms with van der Waals surface area (Å²) in [5.41, 5.74) is 5.15. The van der Waals surface area contributed by atoms with E-state index in [0.29, 0.717) is 10.8 Å². The largest absolute Gasteiger partial charge is 0.505 e. The molecule has 0 aliphatic heterocycles. The molecule has 0 radical (unpaired) electrons. The number of phenolic OH excluding ortho intramolecular Hbond substituents is 2. The first-order valence-corrected chi connectivity index (χ1v) is 5.47. The first-order chi connectivity index (χ1) is 7.54. The first kappa shape index (κ1) is 10.7. The molecule has 0 heterocycles. The molecule has 0 saturated heterocycles. The number of fused-ring (bicyclic) bond motifs is 1. The molecule has 84 valence electrons. The number of hydrogen-bond donors (Lipinski definition) is 4. The minimum absolute atomic E-state index is 0.189. The van der Waals surface area contributed by atoms with Crippen LogP contribution in [0.2, 0.25) is 0 Å². The van der Waals surface area contributed by atoms with Crippen LogP contribution in [-0.4, -0.2) is 19.0 Å². The number of anilines is 1. The molecule has 0 bridgehead atoms. The minimum Gasteiger partial charge on any atom is -0.505 e. The van der Waals surface area contributed by atoms with E-state index >= 15 is 0 Å². The number of nitrogens with two attached hydrogens (primary N) is 1. The molecular weight excluding hydrogens is 230 g/mol. The van der Waals surface area contributed by atoms with E-state index in [4.69, 9.17) is 10.3 Å². The van der Waals surface area contributed by atoms with Crippen molar-refractivity contribution in [1.82, 2.24) is 0 Å². The molecular formula is C10H9NO4S. The molecule has 2 aromatic carbocycles. The lowest BCUT2D eigenvalue weighted by atomic mass is 10.1. The van der Waals surface area contributed by atoms with Crippen molar-refractivity contribution < 1.29 is 19.0 Å².